The number of carbonyl (C=O) groups is 1. The van der Waals surface area contributed by atoms with Crippen molar-refractivity contribution in [1.82, 2.24) is 0 Å². The van der Waals surface area contributed by atoms with Gasteiger partial charge in [0, 0.05) is 5.41 Å². The number of hydrogen-bond acceptors (Lipinski definition) is 3. The molecule has 3 nitrogen and oxygen atoms in total. The van der Waals surface area contributed by atoms with Crippen molar-refractivity contribution in [2.75, 3.05) is 7.11 Å². The molecule has 0 bridgehead atoms. The second kappa shape index (κ2) is 4.66. The van der Waals surface area contributed by atoms with Crippen LogP contribution in [0.5, 0.6) is 0 Å². The van der Waals surface area contributed by atoms with Crippen molar-refractivity contribution in [1.29, 1.82) is 0 Å². The van der Waals surface area contributed by atoms with Crippen LogP contribution in [0.25, 0.3) is 0 Å². The molecule has 0 aliphatic heterocycles. The second-order valence-corrected chi connectivity index (χ2v) is 4.46. The molecule has 1 aromatic rings. The van der Waals surface area contributed by atoms with Gasteiger partial charge < -0.3 is 9.84 Å². The summed E-state index contributed by atoms with van der Waals surface area (Å²) in [6.07, 6.45) is -1.15. The highest BCUT2D eigenvalue weighted by Gasteiger charge is 2.36. The van der Waals surface area contributed by atoms with Gasteiger partial charge in [-0.05, 0) is 18.1 Å². The lowest BCUT2D eigenvalue weighted by Crippen LogP contribution is -2.41. The highest BCUT2D eigenvalue weighted by atomic mass is 16.5. The van der Waals surface area contributed by atoms with Crippen molar-refractivity contribution in [3.8, 4) is 0 Å². The van der Waals surface area contributed by atoms with Gasteiger partial charge in [-0.15, -0.1) is 0 Å². The number of aliphatic hydroxyl groups excluding tert-OH is 1. The second-order valence-electron chi connectivity index (χ2n) is 4.46. The van der Waals surface area contributed by atoms with E-state index >= 15 is 0 Å². The van der Waals surface area contributed by atoms with E-state index in [-0.39, 0.29) is 0 Å². The highest BCUT2D eigenvalue weighted by molar-refractivity contribution is 5.76. The Morgan fingerprint density at radius 1 is 1.38 bits per heavy atom. The Kier molecular flexibility index (Phi) is 3.70. The Hall–Kier alpha value is -1.35. The molecular formula is C13H18O3. The van der Waals surface area contributed by atoms with E-state index in [9.17, 15) is 9.90 Å². The predicted octanol–water partition coefficient (Wildman–Crippen LogP) is 1.81. The molecule has 1 aromatic carbocycles. The Morgan fingerprint density at radius 3 is 2.44 bits per heavy atom. The molecule has 88 valence electrons. The van der Waals surface area contributed by atoms with Gasteiger partial charge in [-0.25, -0.2) is 4.79 Å². The van der Waals surface area contributed by atoms with E-state index < -0.39 is 17.5 Å². The van der Waals surface area contributed by atoms with Crippen LogP contribution in [0.3, 0.4) is 0 Å². The minimum absolute atomic E-state index is 0.603. The quantitative estimate of drug-likeness (QED) is 0.793. The minimum atomic E-state index is -1.15. The lowest BCUT2D eigenvalue weighted by atomic mass is 9.77. The Morgan fingerprint density at radius 2 is 1.94 bits per heavy atom. The van der Waals surface area contributed by atoms with Gasteiger partial charge in [-0.3, -0.25) is 0 Å². The van der Waals surface area contributed by atoms with Gasteiger partial charge in [-0.2, -0.15) is 0 Å². The fourth-order valence-corrected chi connectivity index (χ4v) is 1.85. The van der Waals surface area contributed by atoms with Crippen LogP contribution in [0.4, 0.5) is 0 Å². The molecular weight excluding hydrogens is 204 g/mol. The summed E-state index contributed by atoms with van der Waals surface area (Å²) in [5.74, 6) is -0.603. The molecule has 0 heterocycles. The number of carbonyl (C=O) groups excluding carboxylic acids is 1. The van der Waals surface area contributed by atoms with E-state index in [2.05, 4.69) is 4.74 Å². The molecule has 0 radical (unpaired) electrons. The lowest BCUT2D eigenvalue weighted by Gasteiger charge is -2.30. The zero-order chi connectivity index (χ0) is 12.3. The average molecular weight is 222 g/mol. The van der Waals surface area contributed by atoms with Gasteiger partial charge in [-0.1, -0.05) is 38.1 Å². The summed E-state index contributed by atoms with van der Waals surface area (Å²) in [6, 6.07) is 7.70. The van der Waals surface area contributed by atoms with Crippen molar-refractivity contribution in [2.24, 2.45) is 0 Å². The van der Waals surface area contributed by atoms with E-state index in [1.54, 1.807) is 0 Å². The summed E-state index contributed by atoms with van der Waals surface area (Å²) in [5.41, 5.74) is 1.35. The first-order valence-electron chi connectivity index (χ1n) is 5.23. The van der Waals surface area contributed by atoms with Crippen LogP contribution in [-0.4, -0.2) is 24.3 Å². The highest BCUT2D eigenvalue weighted by Crippen LogP contribution is 2.30. The van der Waals surface area contributed by atoms with Gasteiger partial charge in [0.05, 0.1) is 7.11 Å². The maximum Gasteiger partial charge on any atom is 0.335 e. The molecule has 16 heavy (non-hydrogen) atoms. The largest absolute Gasteiger partial charge is 0.467 e. The van der Waals surface area contributed by atoms with Crippen molar-refractivity contribution >= 4 is 5.97 Å². The van der Waals surface area contributed by atoms with Gasteiger partial charge in [0.2, 0.25) is 0 Å². The van der Waals surface area contributed by atoms with Crippen LogP contribution in [0.2, 0.25) is 0 Å². The number of hydrogen-bond donors (Lipinski definition) is 1. The summed E-state index contributed by atoms with van der Waals surface area (Å²) in [7, 11) is 1.28. The Balaban J connectivity index is 3.11. The van der Waals surface area contributed by atoms with Crippen molar-refractivity contribution in [3.63, 3.8) is 0 Å². The van der Waals surface area contributed by atoms with E-state index in [1.807, 2.05) is 45.0 Å². The standard InChI is InChI=1S/C13H18O3/c1-9-7-5-6-8-10(9)13(2,3)11(14)12(15)16-4/h5-8,11,14H,1-4H3. The van der Waals surface area contributed by atoms with Crippen LogP contribution in [0.15, 0.2) is 24.3 Å². The topological polar surface area (TPSA) is 46.5 Å². The number of esters is 1. The molecule has 1 atom stereocenters. The number of methoxy groups -OCH3 is 1. The van der Waals surface area contributed by atoms with Crippen LogP contribution in [0, 0.1) is 6.92 Å². The first-order chi connectivity index (χ1) is 7.41. The minimum Gasteiger partial charge on any atom is -0.467 e. The zero-order valence-electron chi connectivity index (χ0n) is 10.2. The average Bonchev–Trinajstić information content (AvgIpc) is 2.27. The molecule has 0 saturated carbocycles. The molecule has 1 rings (SSSR count). The molecule has 1 N–H and O–H groups in total. The molecule has 1 unspecified atom stereocenters. The molecule has 0 saturated heterocycles. The summed E-state index contributed by atoms with van der Waals surface area (Å²) in [6.45, 7) is 5.62. The Bertz CT molecular complexity index is 383. The first kappa shape index (κ1) is 12.7. The molecule has 0 aliphatic rings. The summed E-state index contributed by atoms with van der Waals surface area (Å²) < 4.78 is 4.57. The maximum atomic E-state index is 11.4. The number of benzene rings is 1. The van der Waals surface area contributed by atoms with Gasteiger partial charge >= 0.3 is 5.97 Å². The summed E-state index contributed by atoms with van der Waals surface area (Å²) >= 11 is 0. The number of aliphatic hydroxyl groups is 1. The Labute approximate surface area is 96.1 Å². The smallest absolute Gasteiger partial charge is 0.335 e. The molecule has 3 heteroatoms. The van der Waals surface area contributed by atoms with E-state index in [0.717, 1.165) is 11.1 Å². The summed E-state index contributed by atoms with van der Waals surface area (Å²) in [5, 5.41) is 9.95. The van der Waals surface area contributed by atoms with Gasteiger partial charge in [0.25, 0.3) is 0 Å². The molecule has 0 fully saturated rings. The molecule has 0 aliphatic carbocycles. The van der Waals surface area contributed by atoms with Crippen molar-refractivity contribution in [3.05, 3.63) is 35.4 Å². The third-order valence-corrected chi connectivity index (χ3v) is 2.95. The monoisotopic (exact) mass is 222 g/mol. The van der Waals surface area contributed by atoms with E-state index in [4.69, 9.17) is 0 Å². The molecule has 0 amide bonds. The van der Waals surface area contributed by atoms with Gasteiger partial charge in [0.15, 0.2) is 6.10 Å². The van der Waals surface area contributed by atoms with Crippen molar-refractivity contribution in [2.45, 2.75) is 32.3 Å². The third-order valence-electron chi connectivity index (χ3n) is 2.95. The summed E-state index contributed by atoms with van der Waals surface area (Å²) in [4.78, 5) is 11.4. The van der Waals surface area contributed by atoms with Crippen LogP contribution in [-0.2, 0) is 14.9 Å². The van der Waals surface area contributed by atoms with Crippen molar-refractivity contribution < 1.29 is 14.6 Å². The van der Waals surface area contributed by atoms with Crippen LogP contribution < -0.4 is 0 Å². The van der Waals surface area contributed by atoms with Crippen LogP contribution >= 0.6 is 0 Å². The fourth-order valence-electron chi connectivity index (χ4n) is 1.85. The van der Waals surface area contributed by atoms with Gasteiger partial charge in [0.1, 0.15) is 0 Å². The predicted molar refractivity (Wildman–Crippen MR) is 62.2 cm³/mol. The van der Waals surface area contributed by atoms with E-state index in [1.165, 1.54) is 7.11 Å². The number of rotatable bonds is 3. The van der Waals surface area contributed by atoms with E-state index in [0.29, 0.717) is 0 Å². The van der Waals surface area contributed by atoms with Crippen LogP contribution in [0.1, 0.15) is 25.0 Å². The number of aryl methyl sites for hydroxylation is 1. The molecule has 0 aromatic heterocycles. The maximum absolute atomic E-state index is 11.4. The fraction of sp³-hybridized carbons (Fsp3) is 0.462. The zero-order valence-corrected chi connectivity index (χ0v) is 10.2. The SMILES string of the molecule is COC(=O)C(O)C(C)(C)c1ccccc1C. The molecule has 0 spiro atoms. The lowest BCUT2D eigenvalue weighted by molar-refractivity contribution is -0.153. The first-order valence-corrected chi connectivity index (χ1v) is 5.23. The normalized spacial score (nSPS) is 13.3. The number of ether oxygens (including phenoxy) is 1. The third kappa shape index (κ3) is 2.25.